The summed E-state index contributed by atoms with van der Waals surface area (Å²) in [4.78, 5) is 3.53. The van der Waals surface area contributed by atoms with Crippen molar-refractivity contribution in [2.75, 3.05) is 32.8 Å². The number of benzene rings is 3. The predicted octanol–water partition coefficient (Wildman–Crippen LogP) is 6.10. The molecule has 4 rings (SSSR count). The van der Waals surface area contributed by atoms with Crippen LogP contribution in [0, 0.1) is 5.82 Å². The van der Waals surface area contributed by atoms with E-state index in [0.29, 0.717) is 23.8 Å². The minimum Gasteiger partial charge on any atom is -0.493 e. The second-order valence-electron chi connectivity index (χ2n) is 7.37. The number of anilines is 1. The molecule has 0 bridgehead atoms. The number of ether oxygens (including phenoxy) is 3. The quantitative estimate of drug-likeness (QED) is 0.464. The van der Waals surface area contributed by atoms with Gasteiger partial charge in [0.1, 0.15) is 5.82 Å². The van der Waals surface area contributed by atoms with Gasteiger partial charge in [0.15, 0.2) is 11.5 Å². The molecule has 3 aromatic rings. The summed E-state index contributed by atoms with van der Waals surface area (Å²) in [5.74, 6) is 1.71. The van der Waals surface area contributed by atoms with Crippen molar-refractivity contribution in [3.05, 3.63) is 77.6 Å². The first kappa shape index (κ1) is 21.4. The molecule has 0 aromatic heterocycles. The van der Waals surface area contributed by atoms with Gasteiger partial charge in [-0.2, -0.15) is 0 Å². The number of thioether (sulfide) groups is 1. The van der Waals surface area contributed by atoms with Gasteiger partial charge in [-0.05, 0) is 53.9 Å². The number of halogens is 1. The highest BCUT2D eigenvalue weighted by Crippen LogP contribution is 2.48. The first-order valence-corrected chi connectivity index (χ1v) is 11.1. The van der Waals surface area contributed by atoms with Gasteiger partial charge in [0.05, 0.1) is 27.0 Å². The largest absolute Gasteiger partial charge is 0.493 e. The Morgan fingerprint density at radius 2 is 1.68 bits per heavy atom. The lowest BCUT2D eigenvalue weighted by molar-refractivity contribution is 0.323. The van der Waals surface area contributed by atoms with Crippen molar-refractivity contribution in [1.82, 2.24) is 0 Å². The third-order valence-electron chi connectivity index (χ3n) is 5.46. The molecule has 0 saturated carbocycles. The van der Waals surface area contributed by atoms with E-state index in [0.717, 1.165) is 24.1 Å². The molecule has 31 heavy (non-hydrogen) atoms. The van der Waals surface area contributed by atoms with E-state index >= 15 is 0 Å². The molecule has 0 radical (unpaired) electrons. The third-order valence-corrected chi connectivity index (χ3v) is 6.85. The van der Waals surface area contributed by atoms with Gasteiger partial charge in [-0.15, -0.1) is 11.8 Å². The number of methoxy groups -OCH3 is 3. The number of para-hydroxylation sites is 1. The van der Waals surface area contributed by atoms with Gasteiger partial charge < -0.3 is 19.1 Å². The van der Waals surface area contributed by atoms with Crippen LogP contribution in [0.25, 0.3) is 0 Å². The van der Waals surface area contributed by atoms with Crippen molar-refractivity contribution in [2.24, 2.45) is 0 Å². The monoisotopic (exact) mass is 439 g/mol. The highest BCUT2D eigenvalue weighted by Gasteiger charge is 2.25. The van der Waals surface area contributed by atoms with E-state index in [1.54, 1.807) is 33.5 Å². The summed E-state index contributed by atoms with van der Waals surface area (Å²) in [6, 6.07) is 19.3. The molecule has 1 aliphatic rings. The number of hydrogen-bond donors (Lipinski definition) is 0. The molecule has 162 valence electrons. The van der Waals surface area contributed by atoms with E-state index in [1.165, 1.54) is 16.6 Å². The number of fused-ring (bicyclic) bond motifs is 1. The zero-order chi connectivity index (χ0) is 21.8. The van der Waals surface area contributed by atoms with Crippen LogP contribution >= 0.6 is 11.8 Å². The Labute approximate surface area is 186 Å². The lowest BCUT2D eigenvalue weighted by atomic mass is 10.1. The Morgan fingerprint density at radius 1 is 0.935 bits per heavy atom. The van der Waals surface area contributed by atoms with E-state index in [4.69, 9.17) is 14.2 Å². The third kappa shape index (κ3) is 4.59. The summed E-state index contributed by atoms with van der Waals surface area (Å²) in [6.07, 6.45) is 0.924. The van der Waals surface area contributed by atoms with Crippen molar-refractivity contribution < 1.29 is 18.6 Å². The molecule has 0 aliphatic carbocycles. The van der Waals surface area contributed by atoms with Crippen LogP contribution in [0.2, 0.25) is 0 Å². The van der Waals surface area contributed by atoms with Crippen molar-refractivity contribution in [2.45, 2.75) is 23.1 Å². The van der Waals surface area contributed by atoms with Crippen LogP contribution in [-0.2, 0) is 6.54 Å². The van der Waals surface area contributed by atoms with E-state index in [-0.39, 0.29) is 11.1 Å². The van der Waals surface area contributed by atoms with Crippen molar-refractivity contribution in [3.8, 4) is 17.2 Å². The fourth-order valence-electron chi connectivity index (χ4n) is 3.97. The Balaban J connectivity index is 1.67. The lowest BCUT2D eigenvalue weighted by Gasteiger charge is -2.24. The molecular formula is C25H26FNO3S. The maximum Gasteiger partial charge on any atom is 0.203 e. The van der Waals surface area contributed by atoms with Gasteiger partial charge >= 0.3 is 0 Å². The molecular weight excluding hydrogens is 413 g/mol. The van der Waals surface area contributed by atoms with Crippen LogP contribution in [0.15, 0.2) is 65.6 Å². The number of nitrogens with zero attached hydrogens (tertiary/aromatic N) is 1. The minimum absolute atomic E-state index is 0.203. The molecule has 1 heterocycles. The Kier molecular flexibility index (Phi) is 6.56. The second-order valence-corrected chi connectivity index (χ2v) is 8.62. The molecule has 0 amide bonds. The van der Waals surface area contributed by atoms with Crippen LogP contribution < -0.4 is 19.1 Å². The molecule has 0 unspecified atom stereocenters. The van der Waals surface area contributed by atoms with Gasteiger partial charge in [0.25, 0.3) is 0 Å². The normalized spacial score (nSPS) is 15.7. The van der Waals surface area contributed by atoms with E-state index < -0.39 is 0 Å². The molecule has 4 nitrogen and oxygen atoms in total. The molecule has 3 aromatic carbocycles. The maximum atomic E-state index is 13.7. The van der Waals surface area contributed by atoms with Crippen LogP contribution in [0.1, 0.15) is 22.8 Å². The zero-order valence-electron chi connectivity index (χ0n) is 17.9. The lowest BCUT2D eigenvalue weighted by Crippen LogP contribution is -2.24. The highest BCUT2D eigenvalue weighted by molar-refractivity contribution is 7.99. The van der Waals surface area contributed by atoms with Crippen molar-refractivity contribution >= 4 is 17.4 Å². The molecule has 6 heteroatoms. The zero-order valence-corrected chi connectivity index (χ0v) is 18.7. The average molecular weight is 440 g/mol. The van der Waals surface area contributed by atoms with Crippen LogP contribution in [-0.4, -0.2) is 27.9 Å². The predicted molar refractivity (Wildman–Crippen MR) is 123 cm³/mol. The Morgan fingerprint density at radius 3 is 2.35 bits per heavy atom. The first-order valence-electron chi connectivity index (χ1n) is 10.2. The van der Waals surface area contributed by atoms with Gasteiger partial charge in [-0.25, -0.2) is 4.39 Å². The summed E-state index contributed by atoms with van der Waals surface area (Å²) < 4.78 is 30.3. The number of hydrogen-bond acceptors (Lipinski definition) is 5. The van der Waals surface area contributed by atoms with Gasteiger partial charge in [-0.1, -0.05) is 24.3 Å². The summed E-state index contributed by atoms with van der Waals surface area (Å²) >= 11 is 1.83. The fraction of sp³-hybridized carbons (Fsp3) is 0.280. The van der Waals surface area contributed by atoms with Gasteiger partial charge in [-0.3, -0.25) is 0 Å². The molecule has 0 N–H and O–H groups in total. The molecule has 0 fully saturated rings. The SMILES string of the molecule is COc1cc([C@@H]2CCN(Cc3cccc(F)c3)c3ccccc3S2)cc(OC)c1OC. The van der Waals surface area contributed by atoms with Gasteiger partial charge in [0, 0.05) is 23.2 Å². The van der Waals surface area contributed by atoms with Crippen molar-refractivity contribution in [3.63, 3.8) is 0 Å². The minimum atomic E-state index is -0.203. The molecule has 0 saturated heterocycles. The van der Waals surface area contributed by atoms with Crippen LogP contribution in [0.5, 0.6) is 17.2 Å². The van der Waals surface area contributed by atoms with Gasteiger partial charge in [0.2, 0.25) is 5.75 Å². The van der Waals surface area contributed by atoms with E-state index in [9.17, 15) is 4.39 Å². The van der Waals surface area contributed by atoms with Crippen LogP contribution in [0.4, 0.5) is 10.1 Å². The summed E-state index contributed by atoms with van der Waals surface area (Å²) in [5.41, 5.74) is 3.26. The number of rotatable bonds is 6. The Bertz CT molecular complexity index is 1030. The Hall–Kier alpha value is -2.86. The van der Waals surface area contributed by atoms with E-state index in [2.05, 4.69) is 29.2 Å². The maximum absolute atomic E-state index is 13.7. The summed E-state index contributed by atoms with van der Waals surface area (Å²) in [6.45, 7) is 1.51. The molecule has 1 atom stereocenters. The fourth-order valence-corrected chi connectivity index (χ4v) is 5.24. The summed E-state index contributed by atoms with van der Waals surface area (Å²) in [7, 11) is 4.88. The average Bonchev–Trinajstić information content (AvgIpc) is 2.98. The van der Waals surface area contributed by atoms with Crippen LogP contribution in [0.3, 0.4) is 0 Å². The first-order chi connectivity index (χ1) is 15.1. The summed E-state index contributed by atoms with van der Waals surface area (Å²) in [5, 5.41) is 0.215. The van der Waals surface area contributed by atoms with E-state index in [1.807, 2.05) is 30.0 Å². The topological polar surface area (TPSA) is 30.9 Å². The smallest absolute Gasteiger partial charge is 0.203 e. The molecule has 0 spiro atoms. The standard InChI is InChI=1S/C25H26FNO3S/c1-28-21-14-18(15-22(29-2)25(21)30-3)23-11-12-27(16-17-7-6-8-19(26)13-17)20-9-4-5-10-24(20)31-23/h4-10,13-15,23H,11-12,16H2,1-3H3/t23-/m0/s1. The highest BCUT2D eigenvalue weighted by atomic mass is 32.2. The van der Waals surface area contributed by atoms with Crippen molar-refractivity contribution in [1.29, 1.82) is 0 Å². The second kappa shape index (κ2) is 9.52. The molecule has 1 aliphatic heterocycles.